The summed E-state index contributed by atoms with van der Waals surface area (Å²) in [5, 5.41) is 4.28. The maximum absolute atomic E-state index is 6.42. The number of hydrogen-bond acceptors (Lipinski definition) is 2. The van der Waals surface area contributed by atoms with E-state index in [1.807, 2.05) is 30.3 Å². The average Bonchev–Trinajstić information content (AvgIpc) is 3.29. The van der Waals surface area contributed by atoms with Crippen molar-refractivity contribution in [1.29, 1.82) is 0 Å². The Bertz CT molecular complexity index is 608. The molecule has 0 atom stereocenters. The molecule has 0 aromatic heterocycles. The van der Waals surface area contributed by atoms with Gasteiger partial charge in [-0.15, -0.1) is 0 Å². The van der Waals surface area contributed by atoms with E-state index in [1.54, 1.807) is 7.11 Å². The fraction of sp³-hybridized carbons (Fsp3) is 0.294. The van der Waals surface area contributed by atoms with E-state index in [0.29, 0.717) is 6.04 Å². The number of hydrogen-bond donors (Lipinski definition) is 1. The third kappa shape index (κ3) is 3.14. The topological polar surface area (TPSA) is 21.3 Å². The Morgan fingerprint density at radius 2 is 2.05 bits per heavy atom. The van der Waals surface area contributed by atoms with Gasteiger partial charge in [0, 0.05) is 23.2 Å². The van der Waals surface area contributed by atoms with Crippen LogP contribution in [0.15, 0.2) is 42.5 Å². The third-order valence-electron chi connectivity index (χ3n) is 3.59. The van der Waals surface area contributed by atoms with Crippen molar-refractivity contribution in [2.75, 3.05) is 7.11 Å². The summed E-state index contributed by atoms with van der Waals surface area (Å²) in [5.74, 6) is 0.845. The molecule has 20 heavy (non-hydrogen) atoms. The van der Waals surface area contributed by atoms with Gasteiger partial charge in [-0.3, -0.25) is 0 Å². The molecule has 3 heteroatoms. The zero-order chi connectivity index (χ0) is 13.9. The molecule has 104 valence electrons. The highest BCUT2D eigenvalue weighted by Crippen LogP contribution is 2.31. The molecule has 0 unspecified atom stereocenters. The lowest BCUT2D eigenvalue weighted by Crippen LogP contribution is -2.15. The van der Waals surface area contributed by atoms with Crippen LogP contribution in [-0.2, 0) is 6.54 Å². The first-order valence-corrected chi connectivity index (χ1v) is 7.30. The Morgan fingerprint density at radius 1 is 1.20 bits per heavy atom. The van der Waals surface area contributed by atoms with Crippen molar-refractivity contribution >= 4 is 11.6 Å². The van der Waals surface area contributed by atoms with Gasteiger partial charge in [0.15, 0.2) is 0 Å². The second-order valence-corrected chi connectivity index (χ2v) is 5.61. The fourth-order valence-corrected chi connectivity index (χ4v) is 2.56. The summed E-state index contributed by atoms with van der Waals surface area (Å²) in [4.78, 5) is 0. The largest absolute Gasteiger partial charge is 0.497 e. The minimum Gasteiger partial charge on any atom is -0.497 e. The first kappa shape index (κ1) is 13.5. The predicted molar refractivity (Wildman–Crippen MR) is 83.3 cm³/mol. The van der Waals surface area contributed by atoms with Gasteiger partial charge in [0.05, 0.1) is 7.11 Å². The van der Waals surface area contributed by atoms with Crippen LogP contribution in [-0.4, -0.2) is 13.2 Å². The molecule has 1 fully saturated rings. The van der Waals surface area contributed by atoms with Crippen LogP contribution in [0.2, 0.25) is 5.02 Å². The van der Waals surface area contributed by atoms with Crippen LogP contribution in [0.1, 0.15) is 18.4 Å². The molecule has 3 rings (SSSR count). The standard InChI is InChI=1S/C17H18ClNO/c1-20-15-4-2-3-13(10-15)16-8-5-12(9-17(16)18)11-19-14-6-7-14/h2-5,8-10,14,19H,6-7,11H2,1H3. The maximum atomic E-state index is 6.42. The first-order chi connectivity index (χ1) is 9.76. The van der Waals surface area contributed by atoms with Crippen LogP contribution in [0.4, 0.5) is 0 Å². The highest BCUT2D eigenvalue weighted by atomic mass is 35.5. The van der Waals surface area contributed by atoms with Crippen molar-refractivity contribution in [1.82, 2.24) is 5.32 Å². The molecule has 0 radical (unpaired) electrons. The summed E-state index contributed by atoms with van der Waals surface area (Å²) in [6.45, 7) is 0.892. The summed E-state index contributed by atoms with van der Waals surface area (Å²) < 4.78 is 5.26. The zero-order valence-electron chi connectivity index (χ0n) is 11.5. The number of halogens is 1. The van der Waals surface area contributed by atoms with Crippen molar-refractivity contribution < 1.29 is 4.74 Å². The van der Waals surface area contributed by atoms with E-state index >= 15 is 0 Å². The van der Waals surface area contributed by atoms with Gasteiger partial charge in [-0.2, -0.15) is 0 Å². The van der Waals surface area contributed by atoms with E-state index in [1.165, 1.54) is 18.4 Å². The molecule has 0 amide bonds. The van der Waals surface area contributed by atoms with Crippen molar-refractivity contribution in [3.05, 3.63) is 53.1 Å². The molecule has 0 aliphatic heterocycles. The average molecular weight is 288 g/mol. The SMILES string of the molecule is COc1cccc(-c2ccc(CNC3CC3)cc2Cl)c1. The predicted octanol–water partition coefficient (Wildman–Crippen LogP) is 4.27. The fourth-order valence-electron chi connectivity index (χ4n) is 2.24. The van der Waals surface area contributed by atoms with E-state index in [9.17, 15) is 0 Å². The van der Waals surface area contributed by atoms with Gasteiger partial charge < -0.3 is 10.1 Å². The Hall–Kier alpha value is -1.51. The first-order valence-electron chi connectivity index (χ1n) is 6.92. The number of methoxy groups -OCH3 is 1. The van der Waals surface area contributed by atoms with E-state index in [0.717, 1.165) is 28.4 Å². The van der Waals surface area contributed by atoms with E-state index in [2.05, 4.69) is 17.4 Å². The second kappa shape index (κ2) is 5.86. The van der Waals surface area contributed by atoms with E-state index in [4.69, 9.17) is 16.3 Å². The highest BCUT2D eigenvalue weighted by Gasteiger charge is 2.20. The Kier molecular flexibility index (Phi) is 3.95. The second-order valence-electron chi connectivity index (χ2n) is 5.20. The van der Waals surface area contributed by atoms with Gasteiger partial charge in [-0.25, -0.2) is 0 Å². The monoisotopic (exact) mass is 287 g/mol. The van der Waals surface area contributed by atoms with Crippen molar-refractivity contribution in [2.45, 2.75) is 25.4 Å². The number of ether oxygens (including phenoxy) is 1. The minimum absolute atomic E-state index is 0.715. The number of nitrogens with one attached hydrogen (secondary N) is 1. The van der Waals surface area contributed by atoms with Crippen LogP contribution in [0, 0.1) is 0 Å². The van der Waals surface area contributed by atoms with Gasteiger partial charge in [-0.05, 0) is 42.2 Å². The minimum atomic E-state index is 0.715. The molecular formula is C17H18ClNO. The zero-order valence-corrected chi connectivity index (χ0v) is 12.3. The highest BCUT2D eigenvalue weighted by molar-refractivity contribution is 6.33. The quantitative estimate of drug-likeness (QED) is 0.887. The van der Waals surface area contributed by atoms with Crippen LogP contribution < -0.4 is 10.1 Å². The number of rotatable bonds is 5. The molecule has 0 bridgehead atoms. The molecule has 2 aromatic rings. The third-order valence-corrected chi connectivity index (χ3v) is 3.90. The molecule has 1 saturated carbocycles. The molecule has 0 saturated heterocycles. The van der Waals surface area contributed by atoms with Crippen molar-refractivity contribution in [2.24, 2.45) is 0 Å². The summed E-state index contributed by atoms with van der Waals surface area (Å²) >= 11 is 6.42. The van der Waals surface area contributed by atoms with Crippen molar-refractivity contribution in [3.8, 4) is 16.9 Å². The molecule has 2 aromatic carbocycles. The Balaban J connectivity index is 1.81. The van der Waals surface area contributed by atoms with Gasteiger partial charge >= 0.3 is 0 Å². The van der Waals surface area contributed by atoms with Crippen LogP contribution >= 0.6 is 11.6 Å². The normalized spacial score (nSPS) is 14.3. The summed E-state index contributed by atoms with van der Waals surface area (Å²) in [6, 6.07) is 14.9. The molecule has 0 heterocycles. The Morgan fingerprint density at radius 3 is 2.75 bits per heavy atom. The summed E-state index contributed by atoms with van der Waals surface area (Å²) in [7, 11) is 1.67. The lowest BCUT2D eigenvalue weighted by atomic mass is 10.0. The van der Waals surface area contributed by atoms with Crippen LogP contribution in [0.25, 0.3) is 11.1 Å². The van der Waals surface area contributed by atoms with Gasteiger partial charge in [0.25, 0.3) is 0 Å². The molecule has 1 N–H and O–H groups in total. The van der Waals surface area contributed by atoms with Gasteiger partial charge in [0.2, 0.25) is 0 Å². The lowest BCUT2D eigenvalue weighted by molar-refractivity contribution is 0.415. The van der Waals surface area contributed by atoms with Crippen LogP contribution in [0.5, 0.6) is 5.75 Å². The van der Waals surface area contributed by atoms with Crippen LogP contribution in [0.3, 0.4) is 0 Å². The van der Waals surface area contributed by atoms with Crippen molar-refractivity contribution in [3.63, 3.8) is 0 Å². The summed E-state index contributed by atoms with van der Waals surface area (Å²) in [6.07, 6.45) is 2.60. The number of benzene rings is 2. The smallest absolute Gasteiger partial charge is 0.119 e. The lowest BCUT2D eigenvalue weighted by Gasteiger charge is -2.09. The van der Waals surface area contributed by atoms with E-state index < -0.39 is 0 Å². The van der Waals surface area contributed by atoms with E-state index in [-0.39, 0.29) is 0 Å². The maximum Gasteiger partial charge on any atom is 0.119 e. The molecule has 2 nitrogen and oxygen atoms in total. The van der Waals surface area contributed by atoms with Gasteiger partial charge in [0.1, 0.15) is 5.75 Å². The molecule has 1 aliphatic rings. The molecule has 1 aliphatic carbocycles. The summed E-state index contributed by atoms with van der Waals surface area (Å²) in [5.41, 5.74) is 3.35. The molecular weight excluding hydrogens is 270 g/mol. The van der Waals surface area contributed by atoms with Gasteiger partial charge in [-0.1, -0.05) is 35.9 Å². The molecule has 0 spiro atoms. The Labute approximate surface area is 124 Å².